The molecule has 1 atom stereocenters. The summed E-state index contributed by atoms with van der Waals surface area (Å²) in [6.45, 7) is 1.05. The van der Waals surface area contributed by atoms with E-state index in [-0.39, 0.29) is 11.9 Å². The fourth-order valence-corrected chi connectivity index (χ4v) is 4.57. The molecular weight excluding hydrogens is 342 g/mol. The fourth-order valence-electron chi connectivity index (χ4n) is 4.57. The number of methoxy groups -OCH3 is 1. The average Bonchev–Trinajstić information content (AvgIpc) is 3.34. The molecule has 27 heavy (non-hydrogen) atoms. The van der Waals surface area contributed by atoms with Gasteiger partial charge in [0.1, 0.15) is 5.75 Å². The van der Waals surface area contributed by atoms with Crippen LogP contribution in [-0.4, -0.2) is 37.0 Å². The van der Waals surface area contributed by atoms with E-state index in [1.807, 2.05) is 47.4 Å². The second kappa shape index (κ2) is 5.59. The number of hydrogen-bond donors (Lipinski definition) is 0. The summed E-state index contributed by atoms with van der Waals surface area (Å²) in [4.78, 5) is 27.5. The first-order chi connectivity index (χ1) is 13.1. The number of hydrogen-bond acceptors (Lipinski definition) is 4. The van der Waals surface area contributed by atoms with Crippen molar-refractivity contribution in [1.29, 1.82) is 0 Å². The molecule has 0 radical (unpaired) electrons. The molecule has 1 saturated heterocycles. The Morgan fingerprint density at radius 1 is 1.07 bits per heavy atom. The van der Waals surface area contributed by atoms with E-state index in [9.17, 15) is 9.59 Å². The van der Waals surface area contributed by atoms with Crippen LogP contribution < -0.4 is 4.74 Å². The summed E-state index contributed by atoms with van der Waals surface area (Å²) in [5.41, 5.74) is 1.47. The minimum absolute atomic E-state index is 0.143. The summed E-state index contributed by atoms with van der Waals surface area (Å²) in [7, 11) is 1.64. The zero-order valence-corrected chi connectivity index (χ0v) is 15.2. The van der Waals surface area contributed by atoms with Crippen molar-refractivity contribution < 1.29 is 19.1 Å². The maximum atomic E-state index is 13.4. The maximum Gasteiger partial charge on any atom is 0.339 e. The largest absolute Gasteiger partial charge is 0.497 e. The number of likely N-dealkylation sites (tertiary alicyclic amines) is 1. The Bertz CT molecular complexity index is 932. The zero-order chi connectivity index (χ0) is 18.6. The summed E-state index contributed by atoms with van der Waals surface area (Å²) < 4.78 is 11.0. The smallest absolute Gasteiger partial charge is 0.339 e. The summed E-state index contributed by atoms with van der Waals surface area (Å²) in [6.07, 6.45) is 2.37. The van der Waals surface area contributed by atoms with Gasteiger partial charge in [-0.05, 0) is 36.6 Å². The highest BCUT2D eigenvalue weighted by atomic mass is 16.6. The molecule has 2 fully saturated rings. The molecule has 3 aliphatic rings. The van der Waals surface area contributed by atoms with E-state index in [1.165, 1.54) is 0 Å². The highest BCUT2D eigenvalue weighted by molar-refractivity contribution is 5.96. The third kappa shape index (κ3) is 2.30. The molecule has 138 valence electrons. The van der Waals surface area contributed by atoms with Crippen molar-refractivity contribution in [3.63, 3.8) is 0 Å². The van der Waals surface area contributed by atoms with Gasteiger partial charge >= 0.3 is 5.97 Å². The van der Waals surface area contributed by atoms with Crippen molar-refractivity contribution in [3.8, 4) is 5.75 Å². The van der Waals surface area contributed by atoms with E-state index >= 15 is 0 Å². The van der Waals surface area contributed by atoms with Crippen molar-refractivity contribution in [2.75, 3.05) is 20.2 Å². The normalized spacial score (nSPS) is 24.6. The minimum Gasteiger partial charge on any atom is -0.497 e. The Morgan fingerprint density at radius 3 is 2.52 bits per heavy atom. The highest BCUT2D eigenvalue weighted by Crippen LogP contribution is 2.52. The van der Waals surface area contributed by atoms with Gasteiger partial charge in [0.2, 0.25) is 5.91 Å². The lowest BCUT2D eigenvalue weighted by Crippen LogP contribution is -2.40. The van der Waals surface area contributed by atoms with E-state index < -0.39 is 11.0 Å². The van der Waals surface area contributed by atoms with E-state index in [0.29, 0.717) is 25.1 Å². The molecule has 5 rings (SSSR count). The maximum absolute atomic E-state index is 13.4. The molecular formula is C22H21NO4. The number of carbonyl (C=O) groups is 2. The molecule has 2 heterocycles. The van der Waals surface area contributed by atoms with Crippen molar-refractivity contribution in [3.05, 3.63) is 65.2 Å². The lowest BCUT2D eigenvalue weighted by Gasteiger charge is -2.27. The van der Waals surface area contributed by atoms with Gasteiger partial charge in [0.25, 0.3) is 0 Å². The number of amides is 1. The molecule has 5 heteroatoms. The first-order valence-electron chi connectivity index (χ1n) is 9.35. The van der Waals surface area contributed by atoms with Gasteiger partial charge in [-0.1, -0.05) is 30.3 Å². The lowest BCUT2D eigenvalue weighted by molar-refractivity contribution is -0.134. The molecule has 1 saturated carbocycles. The van der Waals surface area contributed by atoms with Crippen LogP contribution in [0.2, 0.25) is 0 Å². The van der Waals surface area contributed by atoms with Crippen LogP contribution in [0.25, 0.3) is 0 Å². The van der Waals surface area contributed by atoms with Crippen molar-refractivity contribution in [1.82, 2.24) is 4.90 Å². The molecule has 0 bridgehead atoms. The molecule has 1 amide bonds. The van der Waals surface area contributed by atoms with Gasteiger partial charge in [0.15, 0.2) is 5.60 Å². The molecule has 2 aromatic carbocycles. The lowest BCUT2D eigenvalue weighted by atomic mass is 9.91. The van der Waals surface area contributed by atoms with Crippen LogP contribution in [0, 0.1) is 0 Å². The van der Waals surface area contributed by atoms with Gasteiger partial charge in [0.05, 0.1) is 24.6 Å². The first-order valence-corrected chi connectivity index (χ1v) is 9.35. The Morgan fingerprint density at radius 2 is 1.81 bits per heavy atom. The SMILES string of the molecule is COc1ccc(C2(C(=O)N3CCC4(C3)OC(=O)c3ccccc34)CC2)cc1. The number of ether oxygens (including phenoxy) is 2. The first kappa shape index (κ1) is 16.4. The van der Waals surface area contributed by atoms with Crippen LogP contribution in [0.3, 0.4) is 0 Å². The Kier molecular flexibility index (Phi) is 3.39. The topological polar surface area (TPSA) is 55.8 Å². The van der Waals surface area contributed by atoms with Crippen LogP contribution in [-0.2, 0) is 20.5 Å². The fraction of sp³-hybridized carbons (Fsp3) is 0.364. The van der Waals surface area contributed by atoms with Crippen molar-refractivity contribution in [2.24, 2.45) is 0 Å². The van der Waals surface area contributed by atoms with E-state index in [4.69, 9.17) is 9.47 Å². The summed E-state index contributed by atoms with van der Waals surface area (Å²) in [5.74, 6) is 0.651. The summed E-state index contributed by atoms with van der Waals surface area (Å²) in [6, 6.07) is 15.3. The number of carbonyl (C=O) groups excluding carboxylic acids is 2. The molecule has 1 unspecified atom stereocenters. The predicted octanol–water partition coefficient (Wildman–Crippen LogP) is 3.03. The molecule has 2 aliphatic heterocycles. The van der Waals surface area contributed by atoms with E-state index in [0.717, 1.165) is 29.7 Å². The van der Waals surface area contributed by atoms with Gasteiger partial charge in [-0.2, -0.15) is 0 Å². The van der Waals surface area contributed by atoms with Gasteiger partial charge in [-0.3, -0.25) is 4.79 Å². The van der Waals surface area contributed by atoms with E-state index in [1.54, 1.807) is 13.2 Å². The van der Waals surface area contributed by atoms with Crippen LogP contribution >= 0.6 is 0 Å². The Hall–Kier alpha value is -2.82. The monoisotopic (exact) mass is 363 g/mol. The van der Waals surface area contributed by atoms with Gasteiger partial charge in [0, 0.05) is 18.5 Å². The standard InChI is InChI=1S/C22H21NO4/c1-26-16-8-6-15(7-9-16)21(10-11-21)20(25)23-13-12-22(14-23)18-5-3-2-4-17(18)19(24)27-22/h2-9H,10-14H2,1H3. The molecule has 0 N–H and O–H groups in total. The third-order valence-electron chi connectivity index (χ3n) is 6.25. The van der Waals surface area contributed by atoms with Crippen molar-refractivity contribution >= 4 is 11.9 Å². The van der Waals surface area contributed by atoms with Crippen LogP contribution in [0.15, 0.2) is 48.5 Å². The molecule has 0 aromatic heterocycles. The number of esters is 1. The zero-order valence-electron chi connectivity index (χ0n) is 15.2. The number of benzene rings is 2. The van der Waals surface area contributed by atoms with Crippen LogP contribution in [0.4, 0.5) is 0 Å². The van der Waals surface area contributed by atoms with Gasteiger partial charge < -0.3 is 14.4 Å². The average molecular weight is 363 g/mol. The van der Waals surface area contributed by atoms with Gasteiger partial charge in [-0.25, -0.2) is 4.79 Å². The number of nitrogens with zero attached hydrogens (tertiary/aromatic N) is 1. The predicted molar refractivity (Wildman–Crippen MR) is 98.6 cm³/mol. The molecule has 1 aliphatic carbocycles. The van der Waals surface area contributed by atoms with Crippen molar-refractivity contribution in [2.45, 2.75) is 30.3 Å². The Balaban J connectivity index is 1.41. The number of fused-ring (bicyclic) bond motifs is 2. The summed E-state index contributed by atoms with van der Waals surface area (Å²) in [5, 5.41) is 0. The molecule has 2 aromatic rings. The minimum atomic E-state index is -0.681. The molecule has 5 nitrogen and oxygen atoms in total. The van der Waals surface area contributed by atoms with Crippen LogP contribution in [0.5, 0.6) is 5.75 Å². The third-order valence-corrected chi connectivity index (χ3v) is 6.25. The Labute approximate surface area is 157 Å². The van der Waals surface area contributed by atoms with Gasteiger partial charge in [-0.15, -0.1) is 0 Å². The second-order valence-electron chi connectivity index (χ2n) is 7.72. The van der Waals surface area contributed by atoms with E-state index in [2.05, 4.69) is 0 Å². The highest BCUT2D eigenvalue weighted by Gasteiger charge is 2.57. The summed E-state index contributed by atoms with van der Waals surface area (Å²) >= 11 is 0. The molecule has 1 spiro atoms. The number of rotatable bonds is 3. The van der Waals surface area contributed by atoms with Crippen LogP contribution in [0.1, 0.15) is 40.7 Å². The second-order valence-corrected chi connectivity index (χ2v) is 7.72. The quantitative estimate of drug-likeness (QED) is 0.787.